The smallest absolute Gasteiger partial charge is 0.215 e. The molecule has 98 valence electrons. The van der Waals surface area contributed by atoms with Crippen LogP contribution in [0.1, 0.15) is 0 Å². The van der Waals surface area contributed by atoms with Gasteiger partial charge >= 0.3 is 0 Å². The molecule has 0 atom stereocenters. The number of anilines is 1. The fraction of sp³-hybridized carbons (Fsp3) is 0. The first-order valence-corrected chi connectivity index (χ1v) is 5.88. The van der Waals surface area contributed by atoms with Gasteiger partial charge in [-0.05, 0) is 30.3 Å². The number of rotatable bonds is 2. The van der Waals surface area contributed by atoms with Crippen LogP contribution in [-0.4, -0.2) is 5.96 Å². The van der Waals surface area contributed by atoms with Crippen LogP contribution < -0.4 is 16.6 Å². The predicted octanol–water partition coefficient (Wildman–Crippen LogP) is 3.04. The summed E-state index contributed by atoms with van der Waals surface area (Å²) in [7, 11) is 0. The standard InChI is InChI=1S/C13H12ClFN4/c14-9-6-10(15)8-12(7-9)18-13(19-16)17-11-4-2-1-3-5-11/h1-8H,16H2,(H2,17,18,19). The summed E-state index contributed by atoms with van der Waals surface area (Å²) in [6, 6.07) is 13.3. The number of hydrogen-bond donors (Lipinski definition) is 3. The molecule has 0 amide bonds. The van der Waals surface area contributed by atoms with Gasteiger partial charge in [0.15, 0.2) is 0 Å². The summed E-state index contributed by atoms with van der Waals surface area (Å²) in [6.07, 6.45) is 0. The lowest BCUT2D eigenvalue weighted by atomic mass is 10.3. The van der Waals surface area contributed by atoms with Gasteiger partial charge in [0.1, 0.15) is 5.82 Å². The van der Waals surface area contributed by atoms with Gasteiger partial charge in [-0.3, -0.25) is 5.43 Å². The maximum Gasteiger partial charge on any atom is 0.215 e. The Morgan fingerprint density at radius 1 is 1.16 bits per heavy atom. The molecule has 0 saturated carbocycles. The molecule has 4 nitrogen and oxygen atoms in total. The first-order chi connectivity index (χ1) is 9.17. The van der Waals surface area contributed by atoms with Crippen LogP contribution >= 0.6 is 11.6 Å². The molecule has 0 aliphatic heterocycles. The Balaban J connectivity index is 2.21. The van der Waals surface area contributed by atoms with Crippen molar-refractivity contribution in [1.82, 2.24) is 5.43 Å². The highest BCUT2D eigenvalue weighted by atomic mass is 35.5. The third kappa shape index (κ3) is 3.94. The predicted molar refractivity (Wildman–Crippen MR) is 75.9 cm³/mol. The Kier molecular flexibility index (Phi) is 4.33. The Bertz CT molecular complexity index is 566. The van der Waals surface area contributed by atoms with Crippen LogP contribution in [0.3, 0.4) is 0 Å². The van der Waals surface area contributed by atoms with E-state index in [1.165, 1.54) is 12.1 Å². The molecule has 6 heteroatoms. The van der Waals surface area contributed by atoms with Gasteiger partial charge < -0.3 is 5.32 Å². The van der Waals surface area contributed by atoms with Crippen LogP contribution in [0.2, 0.25) is 5.02 Å². The molecule has 0 spiro atoms. The fourth-order valence-corrected chi connectivity index (χ4v) is 1.71. The highest BCUT2D eigenvalue weighted by molar-refractivity contribution is 6.30. The lowest BCUT2D eigenvalue weighted by Gasteiger charge is -2.09. The average molecular weight is 279 g/mol. The van der Waals surface area contributed by atoms with E-state index in [-0.39, 0.29) is 5.96 Å². The number of nitrogens with zero attached hydrogens (tertiary/aromatic N) is 1. The van der Waals surface area contributed by atoms with E-state index in [1.54, 1.807) is 6.07 Å². The Morgan fingerprint density at radius 3 is 2.53 bits per heavy atom. The second kappa shape index (κ2) is 6.17. The molecule has 0 unspecified atom stereocenters. The first kappa shape index (κ1) is 13.3. The number of para-hydroxylation sites is 1. The van der Waals surface area contributed by atoms with E-state index < -0.39 is 5.82 Å². The van der Waals surface area contributed by atoms with Crippen LogP contribution in [0.25, 0.3) is 0 Å². The number of guanidine groups is 1. The Hall–Kier alpha value is -2.11. The fourth-order valence-electron chi connectivity index (χ4n) is 1.49. The van der Waals surface area contributed by atoms with Crippen molar-refractivity contribution in [3.63, 3.8) is 0 Å². The normalized spacial score (nSPS) is 11.2. The van der Waals surface area contributed by atoms with Crippen molar-refractivity contribution in [2.24, 2.45) is 10.8 Å². The molecule has 2 aromatic rings. The van der Waals surface area contributed by atoms with E-state index in [4.69, 9.17) is 17.4 Å². The molecule has 0 radical (unpaired) electrons. The number of aliphatic imine (C=N–C) groups is 1. The third-order valence-electron chi connectivity index (χ3n) is 2.26. The maximum absolute atomic E-state index is 13.2. The summed E-state index contributed by atoms with van der Waals surface area (Å²) in [5.41, 5.74) is 3.58. The lowest BCUT2D eigenvalue weighted by molar-refractivity contribution is 0.628. The number of halogens is 2. The van der Waals surface area contributed by atoms with Crippen LogP contribution in [-0.2, 0) is 0 Å². The van der Waals surface area contributed by atoms with Gasteiger partial charge in [-0.2, -0.15) is 0 Å². The molecule has 0 heterocycles. The SMILES string of the molecule is NNC(=Nc1ccccc1)Nc1cc(F)cc(Cl)c1. The summed E-state index contributed by atoms with van der Waals surface area (Å²) in [5.74, 6) is 5.22. The zero-order chi connectivity index (χ0) is 13.7. The number of benzene rings is 2. The van der Waals surface area contributed by atoms with Crippen molar-refractivity contribution >= 4 is 28.9 Å². The summed E-state index contributed by atoms with van der Waals surface area (Å²) in [6.45, 7) is 0. The molecule has 19 heavy (non-hydrogen) atoms. The summed E-state index contributed by atoms with van der Waals surface area (Å²) < 4.78 is 13.2. The minimum atomic E-state index is -0.439. The van der Waals surface area contributed by atoms with Crippen molar-refractivity contribution < 1.29 is 4.39 Å². The first-order valence-electron chi connectivity index (χ1n) is 5.51. The molecule has 0 aliphatic rings. The molecular weight excluding hydrogens is 267 g/mol. The molecular formula is C13H12ClFN4. The van der Waals surface area contributed by atoms with E-state index in [0.717, 1.165) is 0 Å². The molecule has 0 aliphatic carbocycles. The number of nitrogens with one attached hydrogen (secondary N) is 2. The molecule has 2 aromatic carbocycles. The molecule has 0 bridgehead atoms. The van der Waals surface area contributed by atoms with E-state index >= 15 is 0 Å². The summed E-state index contributed by atoms with van der Waals surface area (Å²) >= 11 is 5.77. The highest BCUT2D eigenvalue weighted by Crippen LogP contribution is 2.18. The van der Waals surface area contributed by atoms with Gasteiger partial charge in [0.2, 0.25) is 5.96 Å². The maximum atomic E-state index is 13.2. The molecule has 0 fully saturated rings. The van der Waals surface area contributed by atoms with Gasteiger partial charge in [0, 0.05) is 10.7 Å². The topological polar surface area (TPSA) is 62.4 Å². The van der Waals surface area contributed by atoms with Gasteiger partial charge in [0.05, 0.1) is 5.69 Å². The molecule has 4 N–H and O–H groups in total. The van der Waals surface area contributed by atoms with Crippen molar-refractivity contribution in [3.05, 3.63) is 59.4 Å². The van der Waals surface area contributed by atoms with E-state index in [2.05, 4.69) is 15.7 Å². The largest absolute Gasteiger partial charge is 0.325 e. The minimum absolute atomic E-state index is 0.285. The van der Waals surface area contributed by atoms with Gasteiger partial charge in [-0.25, -0.2) is 15.2 Å². The number of nitrogens with two attached hydrogens (primary N) is 1. The van der Waals surface area contributed by atoms with E-state index in [1.807, 2.05) is 30.3 Å². The third-order valence-corrected chi connectivity index (χ3v) is 2.48. The Morgan fingerprint density at radius 2 is 1.89 bits per heavy atom. The zero-order valence-corrected chi connectivity index (χ0v) is 10.7. The highest BCUT2D eigenvalue weighted by Gasteiger charge is 2.02. The van der Waals surface area contributed by atoms with Gasteiger partial charge in [-0.15, -0.1) is 0 Å². The number of hydrazine groups is 1. The second-order valence-electron chi connectivity index (χ2n) is 3.72. The van der Waals surface area contributed by atoms with Crippen molar-refractivity contribution in [1.29, 1.82) is 0 Å². The summed E-state index contributed by atoms with van der Waals surface area (Å²) in [4.78, 5) is 4.24. The second-order valence-corrected chi connectivity index (χ2v) is 4.16. The van der Waals surface area contributed by atoms with Crippen LogP contribution in [0.4, 0.5) is 15.8 Å². The minimum Gasteiger partial charge on any atom is -0.325 e. The van der Waals surface area contributed by atoms with Crippen molar-refractivity contribution in [2.45, 2.75) is 0 Å². The van der Waals surface area contributed by atoms with E-state index in [0.29, 0.717) is 16.4 Å². The molecule has 0 saturated heterocycles. The average Bonchev–Trinajstić information content (AvgIpc) is 2.38. The van der Waals surface area contributed by atoms with Crippen molar-refractivity contribution in [2.75, 3.05) is 5.32 Å². The Labute approximate surface area is 115 Å². The van der Waals surface area contributed by atoms with Gasteiger partial charge in [0.25, 0.3) is 0 Å². The van der Waals surface area contributed by atoms with E-state index in [9.17, 15) is 4.39 Å². The van der Waals surface area contributed by atoms with Crippen molar-refractivity contribution in [3.8, 4) is 0 Å². The van der Waals surface area contributed by atoms with Crippen LogP contribution in [0, 0.1) is 5.82 Å². The number of hydrogen-bond acceptors (Lipinski definition) is 2. The van der Waals surface area contributed by atoms with Crippen LogP contribution in [0.5, 0.6) is 0 Å². The zero-order valence-electron chi connectivity index (χ0n) is 9.90. The van der Waals surface area contributed by atoms with Gasteiger partial charge in [-0.1, -0.05) is 29.8 Å². The van der Waals surface area contributed by atoms with Crippen LogP contribution in [0.15, 0.2) is 53.5 Å². The monoisotopic (exact) mass is 278 g/mol. The summed E-state index contributed by atoms with van der Waals surface area (Å²) in [5, 5.41) is 3.14. The molecule has 2 rings (SSSR count). The lowest BCUT2D eigenvalue weighted by Crippen LogP contribution is -2.36. The quantitative estimate of drug-likeness (QED) is 0.342. The molecule has 0 aromatic heterocycles.